The van der Waals surface area contributed by atoms with E-state index < -0.39 is 6.10 Å². The van der Waals surface area contributed by atoms with Crippen LogP contribution in [0, 0.1) is 0 Å². The maximum atomic E-state index is 11.9. The number of rotatable bonds is 13. The summed E-state index contributed by atoms with van der Waals surface area (Å²) < 4.78 is 5.09. The van der Waals surface area contributed by atoms with Crippen LogP contribution in [0.5, 0.6) is 0 Å². The summed E-state index contributed by atoms with van der Waals surface area (Å²) in [4.78, 5) is 23.0. The molecule has 23 heavy (non-hydrogen) atoms. The summed E-state index contributed by atoms with van der Waals surface area (Å²) in [5.74, 6) is -0.250. The summed E-state index contributed by atoms with van der Waals surface area (Å²) in [6, 6.07) is 0. The lowest BCUT2D eigenvalue weighted by molar-refractivity contribution is -0.145. The molecule has 1 N–H and O–H groups in total. The number of hydrogen-bond acceptors (Lipinski definition) is 4. The van der Waals surface area contributed by atoms with Gasteiger partial charge in [0.25, 0.3) is 0 Å². The maximum absolute atomic E-state index is 11.9. The van der Waals surface area contributed by atoms with Crippen LogP contribution in [-0.2, 0) is 14.3 Å². The lowest BCUT2D eigenvalue weighted by Crippen LogP contribution is -2.26. The summed E-state index contributed by atoms with van der Waals surface area (Å²) >= 11 is 0. The summed E-state index contributed by atoms with van der Waals surface area (Å²) in [7, 11) is 0. The number of cyclic esters (lactones) is 1. The fraction of sp³-hybridized carbons (Fsp3) is 0.789. The van der Waals surface area contributed by atoms with Gasteiger partial charge in [-0.15, -0.1) is 0 Å². The van der Waals surface area contributed by atoms with Crippen molar-refractivity contribution >= 4 is 11.8 Å². The zero-order chi connectivity index (χ0) is 16.9. The average molecular weight is 324 g/mol. The minimum atomic E-state index is -0.708. The van der Waals surface area contributed by atoms with E-state index >= 15 is 0 Å². The molecule has 132 valence electrons. The van der Waals surface area contributed by atoms with E-state index in [1.54, 1.807) is 6.08 Å². The molecule has 0 aromatic rings. The molecule has 0 saturated heterocycles. The van der Waals surface area contributed by atoms with Gasteiger partial charge in [-0.3, -0.25) is 4.79 Å². The number of carbonyl (C=O) groups is 2. The first-order chi connectivity index (χ1) is 11.1. The predicted molar refractivity (Wildman–Crippen MR) is 91.1 cm³/mol. The third-order valence-electron chi connectivity index (χ3n) is 4.24. The maximum Gasteiger partial charge on any atom is 0.330 e. The van der Waals surface area contributed by atoms with Crippen molar-refractivity contribution < 1.29 is 19.4 Å². The minimum Gasteiger partial charge on any atom is -0.459 e. The molecule has 0 aliphatic carbocycles. The van der Waals surface area contributed by atoms with Crippen LogP contribution in [0.15, 0.2) is 12.2 Å². The molecule has 0 radical (unpaired) electrons. The van der Waals surface area contributed by atoms with Gasteiger partial charge in [-0.1, -0.05) is 57.9 Å². The molecule has 0 aromatic carbocycles. The summed E-state index contributed by atoms with van der Waals surface area (Å²) in [6.07, 6.45) is 13.5. The highest BCUT2D eigenvalue weighted by molar-refractivity contribution is 5.82. The van der Waals surface area contributed by atoms with Crippen LogP contribution in [-0.4, -0.2) is 29.1 Å². The minimum absolute atomic E-state index is 0.112. The van der Waals surface area contributed by atoms with Gasteiger partial charge in [-0.05, 0) is 6.42 Å². The smallest absolute Gasteiger partial charge is 0.330 e. The van der Waals surface area contributed by atoms with E-state index in [-0.39, 0.29) is 24.3 Å². The standard InChI is InChI=1S/C19H32O4/c1-2-3-4-5-6-7-8-9-11-16(20)14-17(21)15-18-12-10-13-19(22)23-18/h10,13,17-18,21H,2-9,11-12,14-15H2,1H3/t17-,18-/m1/s1. The van der Waals surface area contributed by atoms with E-state index in [4.69, 9.17) is 4.74 Å². The van der Waals surface area contributed by atoms with Gasteiger partial charge in [0.1, 0.15) is 11.9 Å². The summed E-state index contributed by atoms with van der Waals surface area (Å²) in [5.41, 5.74) is 0. The monoisotopic (exact) mass is 324 g/mol. The predicted octanol–water partition coefficient (Wildman–Crippen LogP) is 4.10. The Bertz CT molecular complexity index is 376. The Morgan fingerprint density at radius 2 is 1.87 bits per heavy atom. The van der Waals surface area contributed by atoms with E-state index in [0.717, 1.165) is 12.8 Å². The van der Waals surface area contributed by atoms with Gasteiger partial charge in [-0.25, -0.2) is 4.79 Å². The molecule has 2 atom stereocenters. The van der Waals surface area contributed by atoms with Crippen molar-refractivity contribution in [2.45, 2.75) is 96.2 Å². The van der Waals surface area contributed by atoms with Crippen LogP contribution in [0.3, 0.4) is 0 Å². The van der Waals surface area contributed by atoms with Crippen LogP contribution >= 0.6 is 0 Å². The number of Topliss-reactive ketones (excluding diaryl/α,β-unsaturated/α-hetero) is 1. The molecule has 1 aliphatic heterocycles. The first-order valence-corrected chi connectivity index (χ1v) is 9.18. The van der Waals surface area contributed by atoms with E-state index in [1.165, 1.54) is 44.6 Å². The van der Waals surface area contributed by atoms with Gasteiger partial charge in [-0.2, -0.15) is 0 Å². The quantitative estimate of drug-likeness (QED) is 0.409. The van der Waals surface area contributed by atoms with Crippen LogP contribution in [0.2, 0.25) is 0 Å². The fourth-order valence-electron chi connectivity index (χ4n) is 2.92. The van der Waals surface area contributed by atoms with Crippen molar-refractivity contribution in [1.82, 2.24) is 0 Å². The van der Waals surface area contributed by atoms with Gasteiger partial charge in [0.05, 0.1) is 6.10 Å². The molecule has 0 saturated carbocycles. The second kappa shape index (κ2) is 12.3. The Morgan fingerprint density at radius 1 is 1.22 bits per heavy atom. The van der Waals surface area contributed by atoms with E-state index in [2.05, 4.69) is 6.92 Å². The van der Waals surface area contributed by atoms with E-state index in [1.807, 2.05) is 0 Å². The van der Waals surface area contributed by atoms with Crippen molar-refractivity contribution in [2.24, 2.45) is 0 Å². The zero-order valence-corrected chi connectivity index (χ0v) is 14.5. The molecule has 4 heteroatoms. The third-order valence-corrected chi connectivity index (χ3v) is 4.24. The fourth-order valence-corrected chi connectivity index (χ4v) is 2.92. The Morgan fingerprint density at radius 3 is 2.52 bits per heavy atom. The van der Waals surface area contributed by atoms with E-state index in [9.17, 15) is 14.7 Å². The summed E-state index contributed by atoms with van der Waals surface area (Å²) in [6.45, 7) is 2.22. The van der Waals surface area contributed by atoms with Crippen molar-refractivity contribution in [1.29, 1.82) is 0 Å². The Hall–Kier alpha value is -1.16. The molecule has 0 unspecified atom stereocenters. The van der Waals surface area contributed by atoms with Gasteiger partial charge >= 0.3 is 5.97 Å². The number of esters is 1. The molecule has 0 aromatic heterocycles. The summed E-state index contributed by atoms with van der Waals surface area (Å²) in [5, 5.41) is 9.95. The lowest BCUT2D eigenvalue weighted by atomic mass is 10.00. The highest BCUT2D eigenvalue weighted by atomic mass is 16.5. The van der Waals surface area contributed by atoms with Crippen molar-refractivity contribution in [2.75, 3.05) is 0 Å². The number of unbranched alkanes of at least 4 members (excludes halogenated alkanes) is 7. The largest absolute Gasteiger partial charge is 0.459 e. The highest BCUT2D eigenvalue weighted by Gasteiger charge is 2.21. The first-order valence-electron chi connectivity index (χ1n) is 9.18. The number of aliphatic hydroxyl groups is 1. The van der Waals surface area contributed by atoms with Gasteiger partial charge < -0.3 is 9.84 Å². The normalized spacial score (nSPS) is 18.7. The van der Waals surface area contributed by atoms with E-state index in [0.29, 0.717) is 19.3 Å². The van der Waals surface area contributed by atoms with Gasteiger partial charge in [0, 0.05) is 31.8 Å². The molecule has 0 fully saturated rings. The number of carbonyl (C=O) groups excluding carboxylic acids is 2. The van der Waals surface area contributed by atoms with Crippen molar-refractivity contribution in [3.8, 4) is 0 Å². The zero-order valence-electron chi connectivity index (χ0n) is 14.5. The lowest BCUT2D eigenvalue weighted by Gasteiger charge is -2.21. The topological polar surface area (TPSA) is 63.6 Å². The van der Waals surface area contributed by atoms with Crippen LogP contribution in [0.25, 0.3) is 0 Å². The molecule has 0 amide bonds. The Labute approximate surface area is 140 Å². The van der Waals surface area contributed by atoms with Gasteiger partial charge in [0.15, 0.2) is 0 Å². The molecular formula is C19H32O4. The molecule has 0 bridgehead atoms. The second-order valence-corrected chi connectivity index (χ2v) is 6.55. The third kappa shape index (κ3) is 10.3. The average Bonchev–Trinajstić information content (AvgIpc) is 2.49. The molecule has 1 rings (SSSR count). The van der Waals surface area contributed by atoms with Crippen LogP contribution in [0.1, 0.15) is 84.0 Å². The van der Waals surface area contributed by atoms with Crippen LogP contribution in [0.4, 0.5) is 0 Å². The number of ketones is 1. The van der Waals surface area contributed by atoms with Crippen LogP contribution < -0.4 is 0 Å². The Balaban J connectivity index is 2.00. The number of aliphatic hydroxyl groups excluding tert-OH is 1. The number of hydrogen-bond donors (Lipinski definition) is 1. The van der Waals surface area contributed by atoms with Gasteiger partial charge in [0.2, 0.25) is 0 Å². The number of ether oxygens (including phenoxy) is 1. The molecule has 4 nitrogen and oxygen atoms in total. The first kappa shape index (κ1) is 19.9. The van der Waals surface area contributed by atoms with Crippen molar-refractivity contribution in [3.05, 3.63) is 12.2 Å². The Kier molecular flexibility index (Phi) is 10.6. The molecule has 0 spiro atoms. The molecule has 1 heterocycles. The van der Waals surface area contributed by atoms with Crippen molar-refractivity contribution in [3.63, 3.8) is 0 Å². The molecular weight excluding hydrogens is 292 g/mol. The SMILES string of the molecule is CCCCCCCCCCC(=O)C[C@@H](O)C[C@H]1CC=CC(=O)O1. The highest BCUT2D eigenvalue weighted by Crippen LogP contribution is 2.16. The second-order valence-electron chi connectivity index (χ2n) is 6.55. The molecule has 1 aliphatic rings.